The minimum Gasteiger partial charge on any atom is -0.387 e. The molecule has 0 aliphatic carbocycles. The Kier molecular flexibility index (Phi) is 4.42. The van der Waals surface area contributed by atoms with Crippen LogP contribution in [0.3, 0.4) is 0 Å². The molecule has 0 aromatic carbocycles. The van der Waals surface area contributed by atoms with E-state index >= 15 is 0 Å². The number of rotatable bonds is 4. The van der Waals surface area contributed by atoms with Gasteiger partial charge in [-0.3, -0.25) is 9.88 Å². The zero-order valence-corrected chi connectivity index (χ0v) is 11.7. The van der Waals surface area contributed by atoms with Gasteiger partial charge < -0.3 is 10.2 Å². The molecule has 1 saturated heterocycles. The van der Waals surface area contributed by atoms with Gasteiger partial charge in [-0.15, -0.1) is 0 Å². The van der Waals surface area contributed by atoms with Crippen LogP contribution in [0.25, 0.3) is 0 Å². The molecule has 1 unspecified atom stereocenters. The second-order valence-corrected chi connectivity index (χ2v) is 4.96. The van der Waals surface area contributed by atoms with E-state index < -0.39 is 0 Å². The number of piperazine rings is 1. The average Bonchev–Trinajstić information content (AvgIpc) is 2.46. The van der Waals surface area contributed by atoms with Crippen molar-refractivity contribution < 1.29 is 0 Å². The third-order valence-corrected chi connectivity index (χ3v) is 3.91. The van der Waals surface area contributed by atoms with Crippen molar-refractivity contribution in [1.82, 2.24) is 9.88 Å². The summed E-state index contributed by atoms with van der Waals surface area (Å²) in [5, 5.41) is 3.14. The summed E-state index contributed by atoms with van der Waals surface area (Å²) in [6.45, 7) is 9.08. The summed E-state index contributed by atoms with van der Waals surface area (Å²) >= 11 is 0. The Balaban J connectivity index is 1.96. The van der Waals surface area contributed by atoms with Crippen LogP contribution >= 0.6 is 0 Å². The van der Waals surface area contributed by atoms with E-state index in [0.29, 0.717) is 6.04 Å². The molecule has 0 saturated carbocycles. The molecule has 1 aromatic heterocycles. The van der Waals surface area contributed by atoms with Gasteiger partial charge in [-0.2, -0.15) is 0 Å². The highest BCUT2D eigenvalue weighted by molar-refractivity contribution is 5.55. The van der Waals surface area contributed by atoms with E-state index in [1.165, 1.54) is 12.1 Å². The molecule has 0 radical (unpaired) electrons. The van der Waals surface area contributed by atoms with Crippen molar-refractivity contribution in [2.75, 3.05) is 43.4 Å². The maximum absolute atomic E-state index is 4.28. The summed E-state index contributed by atoms with van der Waals surface area (Å²) in [7, 11) is 1.93. The van der Waals surface area contributed by atoms with Gasteiger partial charge in [0.2, 0.25) is 0 Å². The molecule has 18 heavy (non-hydrogen) atoms. The lowest BCUT2D eigenvalue weighted by Crippen LogP contribution is -2.49. The molecule has 100 valence electrons. The van der Waals surface area contributed by atoms with Crippen LogP contribution < -0.4 is 10.2 Å². The fourth-order valence-electron chi connectivity index (χ4n) is 2.42. The van der Waals surface area contributed by atoms with Gasteiger partial charge in [0.05, 0.1) is 23.8 Å². The quantitative estimate of drug-likeness (QED) is 0.883. The number of nitrogens with zero attached hydrogens (tertiary/aromatic N) is 3. The van der Waals surface area contributed by atoms with E-state index in [1.807, 2.05) is 19.4 Å². The molecule has 0 spiro atoms. The van der Waals surface area contributed by atoms with Crippen LogP contribution in [0.1, 0.15) is 20.3 Å². The third kappa shape index (κ3) is 2.93. The van der Waals surface area contributed by atoms with Gasteiger partial charge in [-0.25, -0.2) is 0 Å². The maximum Gasteiger partial charge on any atom is 0.0574 e. The second-order valence-electron chi connectivity index (χ2n) is 4.96. The lowest BCUT2D eigenvalue weighted by Gasteiger charge is -2.38. The molecule has 1 aliphatic rings. The second kappa shape index (κ2) is 6.05. The largest absolute Gasteiger partial charge is 0.387 e. The first-order valence-corrected chi connectivity index (χ1v) is 6.86. The molecular weight excluding hydrogens is 224 g/mol. The SMILES string of the molecule is CCC(C)N1CCN(c2cncc(NC)c2)CC1. The number of pyridine rings is 1. The lowest BCUT2D eigenvalue weighted by atomic mass is 10.2. The number of anilines is 2. The van der Waals surface area contributed by atoms with Gasteiger partial charge in [0.15, 0.2) is 0 Å². The first kappa shape index (κ1) is 13.1. The van der Waals surface area contributed by atoms with E-state index in [9.17, 15) is 0 Å². The Labute approximate surface area is 110 Å². The standard InChI is InChI=1S/C14H24N4/c1-4-12(2)17-5-7-18(8-6-17)14-9-13(15-3)10-16-11-14/h9-12,15H,4-8H2,1-3H3. The molecule has 1 aliphatic heterocycles. The fraction of sp³-hybridized carbons (Fsp3) is 0.643. The molecule has 1 N–H and O–H groups in total. The molecule has 4 nitrogen and oxygen atoms in total. The van der Waals surface area contributed by atoms with Crippen molar-refractivity contribution in [1.29, 1.82) is 0 Å². The minimum atomic E-state index is 0.703. The van der Waals surface area contributed by atoms with Gasteiger partial charge in [0.25, 0.3) is 0 Å². The van der Waals surface area contributed by atoms with E-state index in [2.05, 4.69) is 40.0 Å². The highest BCUT2D eigenvalue weighted by atomic mass is 15.3. The summed E-state index contributed by atoms with van der Waals surface area (Å²) in [5.74, 6) is 0. The van der Waals surface area contributed by atoms with Crippen LogP contribution in [0.4, 0.5) is 11.4 Å². The highest BCUT2D eigenvalue weighted by Crippen LogP contribution is 2.19. The van der Waals surface area contributed by atoms with Gasteiger partial charge in [0, 0.05) is 39.3 Å². The summed E-state index contributed by atoms with van der Waals surface area (Å²) in [4.78, 5) is 9.28. The Bertz CT molecular complexity index is 372. The van der Waals surface area contributed by atoms with Crippen molar-refractivity contribution in [2.45, 2.75) is 26.3 Å². The molecule has 1 aromatic rings. The van der Waals surface area contributed by atoms with E-state index in [4.69, 9.17) is 0 Å². The molecule has 1 atom stereocenters. The first-order valence-electron chi connectivity index (χ1n) is 6.86. The topological polar surface area (TPSA) is 31.4 Å². The maximum atomic E-state index is 4.28. The Morgan fingerprint density at radius 2 is 2.00 bits per heavy atom. The molecule has 2 rings (SSSR count). The number of aromatic nitrogens is 1. The monoisotopic (exact) mass is 248 g/mol. The van der Waals surface area contributed by atoms with E-state index in [-0.39, 0.29) is 0 Å². The molecule has 0 bridgehead atoms. The number of nitrogens with one attached hydrogen (secondary N) is 1. The smallest absolute Gasteiger partial charge is 0.0574 e. The van der Waals surface area contributed by atoms with Crippen molar-refractivity contribution in [2.24, 2.45) is 0 Å². The predicted molar refractivity (Wildman–Crippen MR) is 77.3 cm³/mol. The van der Waals surface area contributed by atoms with E-state index in [1.54, 1.807) is 0 Å². The Hall–Kier alpha value is -1.29. The van der Waals surface area contributed by atoms with Crippen molar-refractivity contribution >= 4 is 11.4 Å². The van der Waals surface area contributed by atoms with Crippen LogP contribution in [-0.4, -0.2) is 49.2 Å². The third-order valence-electron chi connectivity index (χ3n) is 3.91. The lowest BCUT2D eigenvalue weighted by molar-refractivity contribution is 0.193. The predicted octanol–water partition coefficient (Wildman–Crippen LogP) is 2.04. The van der Waals surface area contributed by atoms with E-state index in [0.717, 1.165) is 31.9 Å². The van der Waals surface area contributed by atoms with Gasteiger partial charge in [0.1, 0.15) is 0 Å². The minimum absolute atomic E-state index is 0.703. The Morgan fingerprint density at radius 1 is 1.28 bits per heavy atom. The van der Waals surface area contributed by atoms with Crippen LogP contribution in [0.15, 0.2) is 18.5 Å². The van der Waals surface area contributed by atoms with Crippen molar-refractivity contribution in [3.8, 4) is 0 Å². The molecule has 0 amide bonds. The fourth-order valence-corrected chi connectivity index (χ4v) is 2.42. The summed E-state index contributed by atoms with van der Waals surface area (Å²) in [6, 6.07) is 2.88. The summed E-state index contributed by atoms with van der Waals surface area (Å²) in [6.07, 6.45) is 5.05. The molecule has 1 fully saturated rings. The van der Waals surface area contributed by atoms with Gasteiger partial charge in [-0.05, 0) is 19.4 Å². The Morgan fingerprint density at radius 3 is 2.61 bits per heavy atom. The molecular formula is C14H24N4. The van der Waals surface area contributed by atoms with Crippen molar-refractivity contribution in [3.63, 3.8) is 0 Å². The molecule has 2 heterocycles. The van der Waals surface area contributed by atoms with Gasteiger partial charge in [-0.1, -0.05) is 6.92 Å². The van der Waals surface area contributed by atoms with Gasteiger partial charge >= 0.3 is 0 Å². The van der Waals surface area contributed by atoms with Crippen molar-refractivity contribution in [3.05, 3.63) is 18.5 Å². The zero-order valence-electron chi connectivity index (χ0n) is 11.7. The highest BCUT2D eigenvalue weighted by Gasteiger charge is 2.20. The van der Waals surface area contributed by atoms with Crippen LogP contribution in [0.5, 0.6) is 0 Å². The number of hydrogen-bond acceptors (Lipinski definition) is 4. The normalized spacial score (nSPS) is 18.7. The summed E-state index contributed by atoms with van der Waals surface area (Å²) < 4.78 is 0. The average molecular weight is 248 g/mol. The summed E-state index contributed by atoms with van der Waals surface area (Å²) in [5.41, 5.74) is 2.31. The van der Waals surface area contributed by atoms with Crippen LogP contribution in [0.2, 0.25) is 0 Å². The zero-order chi connectivity index (χ0) is 13.0. The van der Waals surface area contributed by atoms with Crippen LogP contribution in [-0.2, 0) is 0 Å². The molecule has 4 heteroatoms. The first-order chi connectivity index (χ1) is 8.74. The number of hydrogen-bond donors (Lipinski definition) is 1. The van der Waals surface area contributed by atoms with Crippen LogP contribution in [0, 0.1) is 0 Å².